The molecule has 2 aliphatic rings. The van der Waals surface area contributed by atoms with E-state index in [-0.39, 0.29) is 0 Å². The van der Waals surface area contributed by atoms with Gasteiger partial charge in [-0.15, -0.1) is 0 Å². The fraction of sp³-hybridized carbons (Fsp3) is 0.143. The zero-order chi connectivity index (χ0) is 31.7. The van der Waals surface area contributed by atoms with Crippen LogP contribution in [0.3, 0.4) is 0 Å². The molecule has 0 amide bonds. The van der Waals surface area contributed by atoms with Crippen molar-refractivity contribution in [3.63, 3.8) is 0 Å². The summed E-state index contributed by atoms with van der Waals surface area (Å²) in [5.41, 5.74) is 11.5. The Bertz CT molecular complexity index is 1960. The first-order chi connectivity index (χ1) is 22.7. The van der Waals surface area contributed by atoms with E-state index in [2.05, 4.69) is 109 Å². The van der Waals surface area contributed by atoms with Crippen molar-refractivity contribution in [1.82, 2.24) is 19.9 Å². The van der Waals surface area contributed by atoms with Gasteiger partial charge in [0.1, 0.15) is 0 Å². The lowest BCUT2D eigenvalue weighted by Gasteiger charge is -2.14. The molecule has 0 aliphatic heterocycles. The van der Waals surface area contributed by atoms with Crippen LogP contribution in [0.4, 0.5) is 0 Å². The number of pyridine rings is 1. The third-order valence-corrected chi connectivity index (χ3v) is 8.08. The van der Waals surface area contributed by atoms with Gasteiger partial charge in [0.2, 0.25) is 0 Å². The monoisotopic (exact) mass is 598 g/mol. The van der Waals surface area contributed by atoms with Crippen molar-refractivity contribution < 1.29 is 0 Å². The summed E-state index contributed by atoms with van der Waals surface area (Å²) >= 11 is 0. The van der Waals surface area contributed by atoms with Crippen LogP contribution < -0.4 is 0 Å². The molecule has 0 fully saturated rings. The van der Waals surface area contributed by atoms with Crippen molar-refractivity contribution in [2.45, 2.75) is 40.0 Å². The van der Waals surface area contributed by atoms with Crippen LogP contribution in [0.25, 0.3) is 51.3 Å². The Labute approximate surface area is 272 Å². The first kappa shape index (κ1) is 30.5. The molecule has 7 rings (SSSR count). The highest BCUT2D eigenvalue weighted by molar-refractivity contribution is 5.91. The number of nitrogens with zero attached hydrogens (tertiary/aromatic N) is 4. The topological polar surface area (TPSA) is 51.6 Å². The molecule has 4 heteroatoms. The Balaban J connectivity index is 0.00000182. The molecule has 226 valence electrons. The van der Waals surface area contributed by atoms with E-state index in [1.54, 1.807) is 0 Å². The van der Waals surface area contributed by atoms with E-state index in [1.807, 2.05) is 56.4 Å². The molecule has 0 spiro atoms. The Morgan fingerprint density at radius 3 is 2.20 bits per heavy atom. The standard InChI is InChI=1S/C40H32N4.C2H6/c1-28-27-33-18-12-20-35(40-43-38(31-14-4-2-5-15-31)42-39(44-40)32-16-6-3-7-17-32)37(33)34(28)19-9-8-13-29-22-24-30(25-23-29)36-21-10-11-26-41-36;1-2/h2-6,8-16,18-26H,7,17,27H2,1H3;1-2H3/b13-8+,19-9-;. The number of aromatic nitrogens is 4. The number of rotatable bonds is 7. The Hall–Kier alpha value is -5.48. The molecule has 46 heavy (non-hydrogen) atoms. The Morgan fingerprint density at radius 1 is 0.674 bits per heavy atom. The van der Waals surface area contributed by atoms with Crippen molar-refractivity contribution in [1.29, 1.82) is 0 Å². The second-order valence-corrected chi connectivity index (χ2v) is 11.1. The van der Waals surface area contributed by atoms with Gasteiger partial charge in [-0.3, -0.25) is 4.98 Å². The number of fused-ring (bicyclic) bond motifs is 1. The van der Waals surface area contributed by atoms with Gasteiger partial charge in [-0.05, 0) is 66.2 Å². The molecule has 3 aromatic carbocycles. The van der Waals surface area contributed by atoms with Crippen LogP contribution in [0.15, 0.2) is 139 Å². The van der Waals surface area contributed by atoms with E-state index in [4.69, 9.17) is 15.0 Å². The molecule has 2 aliphatic carbocycles. The quantitative estimate of drug-likeness (QED) is 0.175. The van der Waals surface area contributed by atoms with Crippen molar-refractivity contribution in [3.8, 4) is 34.0 Å². The minimum atomic E-state index is 0.700. The zero-order valence-corrected chi connectivity index (χ0v) is 26.7. The van der Waals surface area contributed by atoms with E-state index in [0.717, 1.165) is 58.6 Å². The third kappa shape index (κ3) is 6.77. The number of allylic oxidation sites excluding steroid dienone is 9. The summed E-state index contributed by atoms with van der Waals surface area (Å²) in [5.74, 6) is 2.17. The third-order valence-electron chi connectivity index (χ3n) is 8.08. The smallest absolute Gasteiger partial charge is 0.164 e. The van der Waals surface area contributed by atoms with Crippen molar-refractivity contribution >= 4 is 17.2 Å². The molecule has 4 nitrogen and oxygen atoms in total. The van der Waals surface area contributed by atoms with Crippen molar-refractivity contribution in [2.24, 2.45) is 0 Å². The molecule has 0 unspecified atom stereocenters. The fourth-order valence-corrected chi connectivity index (χ4v) is 5.83. The Kier molecular flexibility index (Phi) is 9.65. The Morgan fingerprint density at radius 2 is 1.43 bits per heavy atom. The van der Waals surface area contributed by atoms with Gasteiger partial charge in [-0.1, -0.05) is 141 Å². The predicted octanol–water partition coefficient (Wildman–Crippen LogP) is 10.6. The first-order valence-electron chi connectivity index (χ1n) is 16.1. The van der Waals surface area contributed by atoms with E-state index < -0.39 is 0 Å². The van der Waals surface area contributed by atoms with Crippen LogP contribution in [0.1, 0.15) is 56.1 Å². The van der Waals surface area contributed by atoms with Crippen molar-refractivity contribution in [3.05, 3.63) is 162 Å². The van der Waals surface area contributed by atoms with Crippen LogP contribution in [0.2, 0.25) is 0 Å². The number of hydrogen-bond donors (Lipinski definition) is 0. The van der Waals surface area contributed by atoms with E-state index in [0.29, 0.717) is 11.6 Å². The maximum absolute atomic E-state index is 5.07. The van der Waals surface area contributed by atoms with Crippen LogP contribution in [0, 0.1) is 0 Å². The minimum absolute atomic E-state index is 0.700. The van der Waals surface area contributed by atoms with Gasteiger partial charge >= 0.3 is 0 Å². The molecule has 2 aromatic heterocycles. The second kappa shape index (κ2) is 14.5. The summed E-state index contributed by atoms with van der Waals surface area (Å²) in [5, 5.41) is 0. The average molecular weight is 599 g/mol. The highest BCUT2D eigenvalue weighted by atomic mass is 15.0. The average Bonchev–Trinajstić information content (AvgIpc) is 3.46. The molecular formula is C42H38N4. The molecule has 0 atom stereocenters. The fourth-order valence-electron chi connectivity index (χ4n) is 5.83. The largest absolute Gasteiger partial charge is 0.256 e. The summed E-state index contributed by atoms with van der Waals surface area (Å²) in [7, 11) is 0. The highest BCUT2D eigenvalue weighted by Crippen LogP contribution is 2.40. The highest BCUT2D eigenvalue weighted by Gasteiger charge is 2.23. The summed E-state index contributed by atoms with van der Waals surface area (Å²) in [6.07, 6.45) is 19.7. The zero-order valence-electron chi connectivity index (χ0n) is 26.7. The molecule has 0 N–H and O–H groups in total. The van der Waals surface area contributed by atoms with Crippen LogP contribution in [-0.2, 0) is 6.42 Å². The van der Waals surface area contributed by atoms with Gasteiger partial charge in [-0.25, -0.2) is 15.0 Å². The summed E-state index contributed by atoms with van der Waals surface area (Å²) < 4.78 is 0. The van der Waals surface area contributed by atoms with Crippen molar-refractivity contribution in [2.75, 3.05) is 0 Å². The van der Waals surface area contributed by atoms with Crippen LogP contribution in [0.5, 0.6) is 0 Å². The molecule has 5 aromatic rings. The maximum atomic E-state index is 5.07. The first-order valence-corrected chi connectivity index (χ1v) is 16.1. The summed E-state index contributed by atoms with van der Waals surface area (Å²) in [4.78, 5) is 19.5. The van der Waals surface area contributed by atoms with Gasteiger partial charge in [0.15, 0.2) is 17.5 Å². The molecular weight excluding hydrogens is 560 g/mol. The predicted molar refractivity (Wildman–Crippen MR) is 193 cm³/mol. The lowest BCUT2D eigenvalue weighted by Crippen LogP contribution is -2.05. The minimum Gasteiger partial charge on any atom is -0.256 e. The van der Waals surface area contributed by atoms with Gasteiger partial charge in [0.05, 0.1) is 5.69 Å². The second-order valence-electron chi connectivity index (χ2n) is 11.1. The maximum Gasteiger partial charge on any atom is 0.164 e. The summed E-state index contributed by atoms with van der Waals surface area (Å²) in [6, 6.07) is 31.1. The van der Waals surface area contributed by atoms with Gasteiger partial charge in [-0.2, -0.15) is 0 Å². The molecule has 0 radical (unpaired) electrons. The SMILES string of the molecule is CC.CC1=C(/C=C\C=C\c2ccc(-c3ccccn3)cc2)c2c(cccc2-c2nc(C3=CC=CCC3)nc(-c3ccccc3)n2)C1. The lowest BCUT2D eigenvalue weighted by molar-refractivity contribution is 0.977. The number of benzene rings is 3. The van der Waals surface area contributed by atoms with E-state index in [9.17, 15) is 0 Å². The van der Waals surface area contributed by atoms with Gasteiger partial charge in [0, 0.05) is 22.9 Å². The van der Waals surface area contributed by atoms with Crippen LogP contribution in [-0.4, -0.2) is 19.9 Å². The van der Waals surface area contributed by atoms with Gasteiger partial charge in [0.25, 0.3) is 0 Å². The van der Waals surface area contributed by atoms with E-state index >= 15 is 0 Å². The summed E-state index contributed by atoms with van der Waals surface area (Å²) in [6.45, 7) is 6.22. The molecule has 0 saturated carbocycles. The normalized spacial score (nSPS) is 13.9. The lowest BCUT2D eigenvalue weighted by atomic mass is 9.97. The molecule has 0 bridgehead atoms. The molecule has 2 heterocycles. The van der Waals surface area contributed by atoms with E-state index in [1.165, 1.54) is 22.3 Å². The van der Waals surface area contributed by atoms with Gasteiger partial charge < -0.3 is 0 Å². The molecule has 0 saturated heterocycles. The number of hydrogen-bond acceptors (Lipinski definition) is 4. The van der Waals surface area contributed by atoms with Crippen LogP contribution >= 0.6 is 0 Å².